The predicted molar refractivity (Wildman–Crippen MR) is 73.4 cm³/mol. The van der Waals surface area contributed by atoms with Gasteiger partial charge in [-0.1, -0.05) is 0 Å². The van der Waals surface area contributed by atoms with E-state index in [1.54, 1.807) is 0 Å². The molecule has 1 N–H and O–H groups in total. The van der Waals surface area contributed by atoms with E-state index in [4.69, 9.17) is 4.74 Å². The first kappa shape index (κ1) is 16.3. The molecule has 0 bridgehead atoms. The molecule has 0 aliphatic carbocycles. The number of esters is 1. The van der Waals surface area contributed by atoms with Gasteiger partial charge in [0, 0.05) is 26.6 Å². The standard InChI is InChI=1S/C12H16N4O5/c1-9(17)15(2)8-21-12(18)5-6-13-11-4-3-10(7-14-11)16(19)20/h3-4,7H,5-6,8H2,1-2H3,(H,13,14). The number of nitro groups is 1. The molecule has 1 rings (SSSR count). The lowest BCUT2D eigenvalue weighted by molar-refractivity contribution is -0.385. The first-order valence-electron chi connectivity index (χ1n) is 6.12. The molecule has 0 radical (unpaired) electrons. The maximum Gasteiger partial charge on any atom is 0.309 e. The largest absolute Gasteiger partial charge is 0.444 e. The van der Waals surface area contributed by atoms with Gasteiger partial charge in [0.2, 0.25) is 5.91 Å². The lowest BCUT2D eigenvalue weighted by Crippen LogP contribution is -2.28. The zero-order valence-corrected chi connectivity index (χ0v) is 11.7. The van der Waals surface area contributed by atoms with E-state index in [0.29, 0.717) is 5.82 Å². The number of carbonyl (C=O) groups excluding carboxylic acids is 2. The van der Waals surface area contributed by atoms with Gasteiger partial charge in [-0.15, -0.1) is 0 Å². The Morgan fingerprint density at radius 3 is 2.71 bits per heavy atom. The molecule has 114 valence electrons. The molecule has 0 atom stereocenters. The predicted octanol–water partition coefficient (Wildman–Crippen LogP) is 0.771. The molecule has 0 unspecified atom stereocenters. The molecular formula is C12H16N4O5. The highest BCUT2D eigenvalue weighted by Gasteiger charge is 2.08. The van der Waals surface area contributed by atoms with Gasteiger partial charge in [-0.05, 0) is 6.07 Å². The summed E-state index contributed by atoms with van der Waals surface area (Å²) in [5, 5.41) is 13.3. The fourth-order valence-electron chi connectivity index (χ4n) is 1.22. The van der Waals surface area contributed by atoms with E-state index in [2.05, 4.69) is 10.3 Å². The number of nitrogens with one attached hydrogen (secondary N) is 1. The summed E-state index contributed by atoms with van der Waals surface area (Å²) in [6.45, 7) is 1.55. The molecule has 9 heteroatoms. The normalized spacial score (nSPS) is 9.81. The molecule has 21 heavy (non-hydrogen) atoms. The van der Waals surface area contributed by atoms with E-state index in [0.717, 1.165) is 6.20 Å². The topological polar surface area (TPSA) is 115 Å². The quantitative estimate of drug-likeness (QED) is 0.342. The monoisotopic (exact) mass is 296 g/mol. The molecule has 1 aromatic rings. The number of carbonyl (C=O) groups is 2. The summed E-state index contributed by atoms with van der Waals surface area (Å²) in [6, 6.07) is 2.77. The van der Waals surface area contributed by atoms with E-state index in [1.807, 2.05) is 0 Å². The van der Waals surface area contributed by atoms with E-state index < -0.39 is 10.9 Å². The molecule has 1 amide bonds. The van der Waals surface area contributed by atoms with Crippen LogP contribution in [0.4, 0.5) is 11.5 Å². The van der Waals surface area contributed by atoms with Crippen molar-refractivity contribution >= 4 is 23.4 Å². The number of aromatic nitrogens is 1. The molecular weight excluding hydrogens is 280 g/mol. The van der Waals surface area contributed by atoms with Crippen LogP contribution < -0.4 is 5.32 Å². The Labute approximate surface area is 121 Å². The van der Waals surface area contributed by atoms with Crippen LogP contribution in [0.25, 0.3) is 0 Å². The van der Waals surface area contributed by atoms with Gasteiger partial charge in [0.05, 0.1) is 11.3 Å². The highest BCUT2D eigenvalue weighted by Crippen LogP contribution is 2.11. The summed E-state index contributed by atoms with van der Waals surface area (Å²) in [4.78, 5) is 37.3. The van der Waals surface area contributed by atoms with Gasteiger partial charge in [0.1, 0.15) is 12.0 Å². The number of ether oxygens (including phenoxy) is 1. The zero-order valence-electron chi connectivity index (χ0n) is 11.7. The van der Waals surface area contributed by atoms with E-state index in [1.165, 1.54) is 31.0 Å². The van der Waals surface area contributed by atoms with Crippen molar-refractivity contribution < 1.29 is 19.2 Å². The van der Waals surface area contributed by atoms with Crippen LogP contribution in [0.1, 0.15) is 13.3 Å². The minimum Gasteiger partial charge on any atom is -0.444 e. The number of rotatable bonds is 7. The van der Waals surface area contributed by atoms with Gasteiger partial charge in [-0.3, -0.25) is 19.7 Å². The van der Waals surface area contributed by atoms with Gasteiger partial charge in [0.15, 0.2) is 6.73 Å². The summed E-state index contributed by atoms with van der Waals surface area (Å²) >= 11 is 0. The molecule has 0 aliphatic heterocycles. The van der Waals surface area contributed by atoms with Crippen molar-refractivity contribution in [1.29, 1.82) is 0 Å². The first-order chi connectivity index (χ1) is 9.90. The molecule has 0 saturated carbocycles. The molecule has 9 nitrogen and oxygen atoms in total. The minimum atomic E-state index is -0.542. The number of anilines is 1. The van der Waals surface area contributed by atoms with Crippen LogP contribution in [0.5, 0.6) is 0 Å². The van der Waals surface area contributed by atoms with Gasteiger partial charge < -0.3 is 15.0 Å². The van der Waals surface area contributed by atoms with Gasteiger partial charge in [-0.25, -0.2) is 4.98 Å². The molecule has 1 aromatic heterocycles. The fraction of sp³-hybridized carbons (Fsp3) is 0.417. The van der Waals surface area contributed by atoms with Crippen LogP contribution in [0.3, 0.4) is 0 Å². The second-order valence-electron chi connectivity index (χ2n) is 4.20. The Bertz CT molecular complexity index is 517. The first-order valence-corrected chi connectivity index (χ1v) is 6.12. The summed E-state index contributed by atoms with van der Waals surface area (Å²) in [5.74, 6) is -0.234. The molecule has 0 aliphatic rings. The minimum absolute atomic E-state index is 0.0877. The summed E-state index contributed by atoms with van der Waals surface area (Å²) in [7, 11) is 1.52. The molecule has 0 saturated heterocycles. The Morgan fingerprint density at radius 1 is 1.48 bits per heavy atom. The van der Waals surface area contributed by atoms with Gasteiger partial charge in [-0.2, -0.15) is 0 Å². The molecule has 1 heterocycles. The maximum absolute atomic E-state index is 11.4. The van der Waals surface area contributed by atoms with Gasteiger partial charge >= 0.3 is 5.97 Å². The van der Waals surface area contributed by atoms with E-state index in [9.17, 15) is 19.7 Å². The number of hydrogen-bond donors (Lipinski definition) is 1. The summed E-state index contributed by atoms with van der Waals surface area (Å²) < 4.78 is 4.87. The van der Waals surface area contributed by atoms with Crippen LogP contribution in [-0.2, 0) is 14.3 Å². The molecule has 0 aromatic carbocycles. The molecule has 0 fully saturated rings. The van der Waals surface area contributed by atoms with Gasteiger partial charge in [0.25, 0.3) is 5.69 Å². The Morgan fingerprint density at radius 2 is 2.19 bits per heavy atom. The average molecular weight is 296 g/mol. The van der Waals surface area contributed by atoms with Crippen molar-refractivity contribution in [3.63, 3.8) is 0 Å². The van der Waals surface area contributed by atoms with E-state index >= 15 is 0 Å². The highest BCUT2D eigenvalue weighted by atomic mass is 16.6. The maximum atomic E-state index is 11.4. The average Bonchev–Trinajstić information content (AvgIpc) is 2.45. The van der Waals surface area contributed by atoms with Crippen LogP contribution >= 0.6 is 0 Å². The van der Waals surface area contributed by atoms with Crippen molar-refractivity contribution in [3.05, 3.63) is 28.4 Å². The Kier molecular flexibility index (Phi) is 6.05. The third-order valence-corrected chi connectivity index (χ3v) is 2.55. The number of nitrogens with zero attached hydrogens (tertiary/aromatic N) is 3. The summed E-state index contributed by atoms with van der Waals surface area (Å²) in [5.41, 5.74) is -0.104. The second kappa shape index (κ2) is 7.78. The van der Waals surface area contributed by atoms with Crippen molar-refractivity contribution in [1.82, 2.24) is 9.88 Å². The molecule has 0 spiro atoms. The Hall–Kier alpha value is -2.71. The smallest absolute Gasteiger partial charge is 0.309 e. The highest BCUT2D eigenvalue weighted by molar-refractivity contribution is 5.73. The van der Waals surface area contributed by atoms with Crippen molar-refractivity contribution in [2.45, 2.75) is 13.3 Å². The number of hydrogen-bond acceptors (Lipinski definition) is 7. The van der Waals surface area contributed by atoms with Crippen LogP contribution in [0.15, 0.2) is 18.3 Å². The van der Waals surface area contributed by atoms with Crippen LogP contribution in [-0.4, -0.2) is 47.0 Å². The number of pyridine rings is 1. The zero-order chi connectivity index (χ0) is 15.8. The van der Waals surface area contributed by atoms with Crippen molar-refractivity contribution in [2.24, 2.45) is 0 Å². The second-order valence-corrected chi connectivity index (χ2v) is 4.20. The van der Waals surface area contributed by atoms with Crippen molar-refractivity contribution in [3.8, 4) is 0 Å². The van der Waals surface area contributed by atoms with E-state index in [-0.39, 0.29) is 31.3 Å². The number of amides is 1. The Balaban J connectivity index is 2.28. The third kappa shape index (κ3) is 5.85. The lowest BCUT2D eigenvalue weighted by Gasteiger charge is -2.14. The van der Waals surface area contributed by atoms with Crippen molar-refractivity contribution in [2.75, 3.05) is 25.6 Å². The lowest BCUT2D eigenvalue weighted by atomic mass is 10.4. The SMILES string of the molecule is CC(=O)N(C)COC(=O)CCNc1ccc([N+](=O)[O-])cn1. The summed E-state index contributed by atoms with van der Waals surface area (Å²) in [6.07, 6.45) is 1.22. The third-order valence-electron chi connectivity index (χ3n) is 2.55. The fourth-order valence-corrected chi connectivity index (χ4v) is 1.22. The van der Waals surface area contributed by atoms with Crippen LogP contribution in [0, 0.1) is 10.1 Å². The van der Waals surface area contributed by atoms with Crippen LogP contribution in [0.2, 0.25) is 0 Å².